The molecule has 0 unspecified atom stereocenters. The van der Waals surface area contributed by atoms with Gasteiger partial charge in [0.15, 0.2) is 11.5 Å². The van der Waals surface area contributed by atoms with Crippen molar-refractivity contribution in [2.24, 2.45) is 0 Å². The number of aromatic nitrogens is 3. The van der Waals surface area contributed by atoms with E-state index in [-0.39, 0.29) is 24.8 Å². The summed E-state index contributed by atoms with van der Waals surface area (Å²) in [5.74, 6) is 0.642. The van der Waals surface area contributed by atoms with Crippen molar-refractivity contribution in [3.05, 3.63) is 72.0 Å². The van der Waals surface area contributed by atoms with Crippen LogP contribution < -0.4 is 20.1 Å². The number of carbonyl (C=O) groups excluding carboxylic acids is 2. The van der Waals surface area contributed by atoms with Gasteiger partial charge in [-0.2, -0.15) is 5.10 Å². The summed E-state index contributed by atoms with van der Waals surface area (Å²) in [6.07, 6.45) is 3.61. The predicted molar refractivity (Wildman–Crippen MR) is 130 cm³/mol. The van der Waals surface area contributed by atoms with Gasteiger partial charge < -0.3 is 20.1 Å². The second-order valence-electron chi connectivity index (χ2n) is 7.21. The molecule has 0 aliphatic rings. The molecule has 2 heterocycles. The predicted octanol–water partition coefficient (Wildman–Crippen LogP) is 3.31. The lowest BCUT2D eigenvalue weighted by Gasteiger charge is -2.08. The highest BCUT2D eigenvalue weighted by Crippen LogP contribution is 2.33. The summed E-state index contributed by atoms with van der Waals surface area (Å²) >= 11 is 1.43. The van der Waals surface area contributed by atoms with Crippen molar-refractivity contribution in [2.75, 3.05) is 26.1 Å². The van der Waals surface area contributed by atoms with E-state index in [2.05, 4.69) is 20.7 Å². The molecule has 174 valence electrons. The van der Waals surface area contributed by atoms with Crippen molar-refractivity contribution in [3.63, 3.8) is 0 Å². The number of nitrogens with zero attached hydrogens (tertiary/aromatic N) is 3. The fourth-order valence-corrected chi connectivity index (χ4v) is 4.04. The molecule has 0 saturated heterocycles. The largest absolute Gasteiger partial charge is 0.493 e. The summed E-state index contributed by atoms with van der Waals surface area (Å²) in [7, 11) is 3.15. The van der Waals surface area contributed by atoms with Crippen LogP contribution in [0.1, 0.15) is 5.69 Å². The van der Waals surface area contributed by atoms with E-state index in [0.717, 1.165) is 16.3 Å². The maximum Gasteiger partial charge on any atom is 0.243 e. The number of nitrogens with one attached hydrogen (secondary N) is 2. The lowest BCUT2D eigenvalue weighted by Crippen LogP contribution is -2.33. The molecule has 0 radical (unpaired) electrons. The van der Waals surface area contributed by atoms with Crippen LogP contribution in [0, 0.1) is 0 Å². The first kappa shape index (κ1) is 23.0. The van der Waals surface area contributed by atoms with Crippen LogP contribution >= 0.6 is 11.3 Å². The third-order valence-electron chi connectivity index (χ3n) is 4.89. The highest BCUT2D eigenvalue weighted by molar-refractivity contribution is 7.13. The fraction of sp³-hybridized carbons (Fsp3) is 0.167. The van der Waals surface area contributed by atoms with E-state index in [1.807, 2.05) is 48.0 Å². The minimum atomic E-state index is -0.315. The first-order chi connectivity index (χ1) is 16.6. The monoisotopic (exact) mass is 477 g/mol. The Morgan fingerprint density at radius 2 is 1.82 bits per heavy atom. The summed E-state index contributed by atoms with van der Waals surface area (Å²) in [6.45, 7) is -0.133. The van der Waals surface area contributed by atoms with Crippen molar-refractivity contribution in [1.29, 1.82) is 0 Å². The molecule has 0 atom stereocenters. The molecule has 10 heteroatoms. The van der Waals surface area contributed by atoms with Crippen molar-refractivity contribution < 1.29 is 19.1 Å². The average molecular weight is 478 g/mol. The van der Waals surface area contributed by atoms with Gasteiger partial charge in [0.2, 0.25) is 11.8 Å². The Kier molecular flexibility index (Phi) is 7.19. The Morgan fingerprint density at radius 3 is 2.53 bits per heavy atom. The Bertz CT molecular complexity index is 1270. The zero-order valence-electron chi connectivity index (χ0n) is 18.6. The molecule has 4 aromatic rings. The van der Waals surface area contributed by atoms with Crippen molar-refractivity contribution >= 4 is 28.8 Å². The van der Waals surface area contributed by atoms with E-state index in [1.54, 1.807) is 37.2 Å². The molecule has 0 fully saturated rings. The van der Waals surface area contributed by atoms with Crippen LogP contribution in [0.15, 0.2) is 66.3 Å². The summed E-state index contributed by atoms with van der Waals surface area (Å²) < 4.78 is 12.3. The van der Waals surface area contributed by atoms with E-state index in [9.17, 15) is 9.59 Å². The Balaban J connectivity index is 1.27. The number of benzene rings is 2. The molecule has 0 aliphatic heterocycles. The smallest absolute Gasteiger partial charge is 0.243 e. The molecule has 34 heavy (non-hydrogen) atoms. The van der Waals surface area contributed by atoms with E-state index in [4.69, 9.17) is 9.47 Å². The van der Waals surface area contributed by atoms with Gasteiger partial charge in [-0.05, 0) is 48.5 Å². The quantitative estimate of drug-likeness (QED) is 0.383. The number of hydrogen-bond acceptors (Lipinski definition) is 7. The van der Waals surface area contributed by atoms with Crippen LogP contribution in [0.5, 0.6) is 11.5 Å². The van der Waals surface area contributed by atoms with Gasteiger partial charge in [0.1, 0.15) is 5.01 Å². The van der Waals surface area contributed by atoms with Crippen molar-refractivity contribution in [2.45, 2.75) is 6.42 Å². The molecule has 2 amide bonds. The van der Waals surface area contributed by atoms with Crippen LogP contribution in [0.3, 0.4) is 0 Å². The molecule has 9 nitrogen and oxygen atoms in total. The molecule has 0 spiro atoms. The normalized spacial score (nSPS) is 10.5. The number of ether oxygens (including phenoxy) is 2. The lowest BCUT2D eigenvalue weighted by molar-refractivity contribution is -0.123. The van der Waals surface area contributed by atoms with Crippen LogP contribution in [-0.4, -0.2) is 47.3 Å². The third-order valence-corrected chi connectivity index (χ3v) is 5.83. The number of amides is 2. The first-order valence-corrected chi connectivity index (χ1v) is 11.3. The highest BCUT2D eigenvalue weighted by atomic mass is 32.1. The molecule has 2 aromatic heterocycles. The van der Waals surface area contributed by atoms with Gasteiger partial charge in [-0.3, -0.25) is 9.59 Å². The van der Waals surface area contributed by atoms with Crippen LogP contribution in [0.25, 0.3) is 16.3 Å². The minimum absolute atomic E-state index is 0.0790. The van der Waals surface area contributed by atoms with E-state index >= 15 is 0 Å². The van der Waals surface area contributed by atoms with Gasteiger partial charge in [0.25, 0.3) is 0 Å². The molecular formula is C24H23N5O4S. The summed E-state index contributed by atoms with van der Waals surface area (Å²) in [6, 6.07) is 14.6. The van der Waals surface area contributed by atoms with Crippen LogP contribution in [0.2, 0.25) is 0 Å². The van der Waals surface area contributed by atoms with Crippen LogP contribution in [0.4, 0.5) is 5.69 Å². The Hall–Kier alpha value is -4.18. The fourth-order valence-electron chi connectivity index (χ4n) is 3.22. The van der Waals surface area contributed by atoms with Crippen molar-refractivity contribution in [3.8, 4) is 27.8 Å². The number of thiazole rings is 1. The van der Waals surface area contributed by atoms with Gasteiger partial charge in [-0.1, -0.05) is 0 Å². The van der Waals surface area contributed by atoms with Gasteiger partial charge in [-0.15, -0.1) is 11.3 Å². The molecule has 0 aliphatic carbocycles. The molecule has 4 rings (SSSR count). The van der Waals surface area contributed by atoms with Gasteiger partial charge in [0, 0.05) is 29.0 Å². The zero-order valence-corrected chi connectivity index (χ0v) is 19.5. The number of anilines is 1. The number of rotatable bonds is 9. The highest BCUT2D eigenvalue weighted by Gasteiger charge is 2.13. The van der Waals surface area contributed by atoms with Gasteiger partial charge >= 0.3 is 0 Å². The molecule has 2 N–H and O–H groups in total. The average Bonchev–Trinajstić information content (AvgIpc) is 3.55. The molecule has 0 saturated carbocycles. The Morgan fingerprint density at radius 1 is 1.03 bits per heavy atom. The Labute approximate surface area is 200 Å². The first-order valence-electron chi connectivity index (χ1n) is 10.4. The van der Waals surface area contributed by atoms with Crippen LogP contribution in [-0.2, 0) is 16.0 Å². The maximum absolute atomic E-state index is 12.3. The van der Waals surface area contributed by atoms with Gasteiger partial charge in [-0.25, -0.2) is 9.67 Å². The number of hydrogen-bond donors (Lipinski definition) is 2. The molecular weight excluding hydrogens is 454 g/mol. The molecule has 2 aromatic carbocycles. The number of methoxy groups -OCH3 is 2. The maximum atomic E-state index is 12.3. The lowest BCUT2D eigenvalue weighted by atomic mass is 10.2. The number of carbonyl (C=O) groups is 2. The van der Waals surface area contributed by atoms with E-state index < -0.39 is 0 Å². The standard InChI is InChI=1S/C24H23N5O4S/c1-32-20-9-4-16(12-21(20)33-2)24-28-18(15-34-24)13-22(30)25-14-23(31)27-17-5-7-19(8-6-17)29-11-3-10-26-29/h3-12,15H,13-14H2,1-2H3,(H,25,30)(H,27,31). The SMILES string of the molecule is COc1ccc(-c2nc(CC(=O)NCC(=O)Nc3ccc(-n4cccn4)cc3)cs2)cc1OC. The summed E-state index contributed by atoms with van der Waals surface area (Å²) in [5, 5.41) is 12.1. The molecule has 0 bridgehead atoms. The second-order valence-corrected chi connectivity index (χ2v) is 8.07. The third kappa shape index (κ3) is 5.59. The van der Waals surface area contributed by atoms with Crippen molar-refractivity contribution in [1.82, 2.24) is 20.1 Å². The summed E-state index contributed by atoms with van der Waals surface area (Å²) in [4.78, 5) is 29.0. The summed E-state index contributed by atoms with van der Waals surface area (Å²) in [5.41, 5.74) is 3.01. The second kappa shape index (κ2) is 10.6. The minimum Gasteiger partial charge on any atom is -0.493 e. The topological polar surface area (TPSA) is 107 Å². The van der Waals surface area contributed by atoms with Gasteiger partial charge in [0.05, 0.1) is 38.6 Å². The zero-order chi connectivity index (χ0) is 23.9. The van der Waals surface area contributed by atoms with E-state index in [0.29, 0.717) is 22.9 Å². The van der Waals surface area contributed by atoms with E-state index in [1.165, 1.54) is 11.3 Å².